The number of benzene rings is 2. The van der Waals surface area contributed by atoms with Gasteiger partial charge in [-0.25, -0.2) is 0 Å². The number of nitrogens with one attached hydrogen (secondary N) is 1. The van der Waals surface area contributed by atoms with E-state index in [1.54, 1.807) is 0 Å². The molecule has 2 nitrogen and oxygen atoms in total. The zero-order chi connectivity index (χ0) is 14.5. The fraction of sp³-hybridized carbons (Fsp3) is 0.294. The Kier molecular flexibility index (Phi) is 5.05. The molecule has 1 N–H and O–H groups in total. The molecule has 2 rings (SSSR count). The minimum Gasteiger partial charge on any atom is -0.343 e. The van der Waals surface area contributed by atoms with Crippen LogP contribution in [0.5, 0.6) is 0 Å². The van der Waals surface area contributed by atoms with Gasteiger partial charge in [0.2, 0.25) is 0 Å². The molecule has 0 spiro atoms. The first-order valence-corrected chi connectivity index (χ1v) is 7.30. The van der Waals surface area contributed by atoms with Crippen LogP contribution in [-0.2, 0) is 6.54 Å². The third kappa shape index (κ3) is 3.14. The Labute approximate surface area is 126 Å². The molecule has 3 heteroatoms. The maximum Gasteiger partial charge on any atom is 0.0646 e. The third-order valence-electron chi connectivity index (χ3n) is 3.45. The molecular weight excluding hydrogens is 268 g/mol. The molecule has 20 heavy (non-hydrogen) atoms. The van der Waals surface area contributed by atoms with E-state index in [9.17, 15) is 0 Å². The Morgan fingerprint density at radius 3 is 2.55 bits per heavy atom. The molecule has 0 aliphatic heterocycles. The molecule has 0 saturated heterocycles. The summed E-state index contributed by atoms with van der Waals surface area (Å²) in [7, 11) is 2.07. The van der Waals surface area contributed by atoms with Crippen molar-refractivity contribution in [1.82, 2.24) is 5.32 Å². The van der Waals surface area contributed by atoms with Crippen molar-refractivity contribution < 1.29 is 0 Å². The van der Waals surface area contributed by atoms with Gasteiger partial charge in [-0.05, 0) is 36.7 Å². The predicted molar refractivity (Wildman–Crippen MR) is 88.1 cm³/mol. The van der Waals surface area contributed by atoms with Crippen LogP contribution < -0.4 is 10.2 Å². The van der Waals surface area contributed by atoms with Gasteiger partial charge >= 0.3 is 0 Å². The normalized spacial score (nSPS) is 10.6. The van der Waals surface area contributed by atoms with Crippen molar-refractivity contribution in [3.8, 4) is 0 Å². The second kappa shape index (κ2) is 6.78. The zero-order valence-electron chi connectivity index (χ0n) is 12.3. The van der Waals surface area contributed by atoms with Gasteiger partial charge in [-0.2, -0.15) is 0 Å². The first kappa shape index (κ1) is 14.9. The Morgan fingerprint density at radius 2 is 1.85 bits per heavy atom. The summed E-state index contributed by atoms with van der Waals surface area (Å²) in [4.78, 5) is 2.17. The van der Waals surface area contributed by atoms with Crippen LogP contribution >= 0.6 is 11.6 Å². The molecule has 0 heterocycles. The van der Waals surface area contributed by atoms with E-state index in [2.05, 4.69) is 61.4 Å². The van der Waals surface area contributed by atoms with Crippen molar-refractivity contribution in [1.29, 1.82) is 0 Å². The van der Waals surface area contributed by atoms with E-state index in [4.69, 9.17) is 11.6 Å². The molecule has 0 atom stereocenters. The van der Waals surface area contributed by atoms with Gasteiger partial charge in [-0.1, -0.05) is 48.9 Å². The lowest BCUT2D eigenvalue weighted by molar-refractivity contribution is 0.726. The summed E-state index contributed by atoms with van der Waals surface area (Å²) in [6.45, 7) is 5.99. The standard InChI is InChI=1S/C17H21ClN2/c1-4-19-12-14-9-7-10-15(18)17(14)20(3)16-11-6-5-8-13(16)2/h5-11,19H,4,12H2,1-3H3. The lowest BCUT2D eigenvalue weighted by atomic mass is 10.1. The van der Waals surface area contributed by atoms with Gasteiger partial charge in [0.05, 0.1) is 10.7 Å². The average Bonchev–Trinajstić information content (AvgIpc) is 2.45. The summed E-state index contributed by atoms with van der Waals surface area (Å²) >= 11 is 6.44. The third-order valence-corrected chi connectivity index (χ3v) is 3.75. The number of anilines is 2. The number of hydrogen-bond donors (Lipinski definition) is 1. The van der Waals surface area contributed by atoms with E-state index in [1.807, 2.05) is 12.1 Å². The molecule has 0 unspecified atom stereocenters. The van der Waals surface area contributed by atoms with Crippen LogP contribution in [0.4, 0.5) is 11.4 Å². The van der Waals surface area contributed by atoms with Gasteiger partial charge in [0.25, 0.3) is 0 Å². The second-order valence-corrected chi connectivity index (χ2v) is 5.28. The molecule has 0 aromatic heterocycles. The van der Waals surface area contributed by atoms with Gasteiger partial charge in [0.1, 0.15) is 0 Å². The Morgan fingerprint density at radius 1 is 1.10 bits per heavy atom. The predicted octanol–water partition coefficient (Wildman–Crippen LogP) is 4.53. The van der Waals surface area contributed by atoms with Gasteiger partial charge in [-0.15, -0.1) is 0 Å². The summed E-state index contributed by atoms with van der Waals surface area (Å²) in [5, 5.41) is 4.15. The Balaban J connectivity index is 2.43. The number of aryl methyl sites for hydroxylation is 1. The molecule has 0 aliphatic rings. The van der Waals surface area contributed by atoms with E-state index in [0.717, 1.165) is 23.8 Å². The molecule has 0 radical (unpaired) electrons. The van der Waals surface area contributed by atoms with Gasteiger partial charge in [0, 0.05) is 19.3 Å². The molecule has 0 fully saturated rings. The summed E-state index contributed by atoms with van der Waals surface area (Å²) < 4.78 is 0. The number of halogens is 1. The summed E-state index contributed by atoms with van der Waals surface area (Å²) in [5.41, 5.74) is 4.71. The van der Waals surface area contributed by atoms with Crippen LogP contribution in [0.25, 0.3) is 0 Å². The quantitative estimate of drug-likeness (QED) is 0.870. The lowest BCUT2D eigenvalue weighted by Crippen LogP contribution is -2.18. The number of rotatable bonds is 5. The Bertz CT molecular complexity index is 581. The van der Waals surface area contributed by atoms with Crippen LogP contribution in [0.2, 0.25) is 5.02 Å². The van der Waals surface area contributed by atoms with Crippen LogP contribution in [-0.4, -0.2) is 13.6 Å². The number of para-hydroxylation sites is 2. The van der Waals surface area contributed by atoms with Gasteiger partial charge in [-0.3, -0.25) is 0 Å². The van der Waals surface area contributed by atoms with Crippen molar-refractivity contribution in [3.63, 3.8) is 0 Å². The van der Waals surface area contributed by atoms with Crippen molar-refractivity contribution in [2.24, 2.45) is 0 Å². The van der Waals surface area contributed by atoms with E-state index in [1.165, 1.54) is 16.8 Å². The minimum atomic E-state index is 0.783. The van der Waals surface area contributed by atoms with Crippen molar-refractivity contribution in [3.05, 3.63) is 58.6 Å². The van der Waals surface area contributed by atoms with Gasteiger partial charge in [0.15, 0.2) is 0 Å². The highest BCUT2D eigenvalue weighted by Crippen LogP contribution is 2.35. The van der Waals surface area contributed by atoms with E-state index < -0.39 is 0 Å². The summed E-state index contributed by atoms with van der Waals surface area (Å²) in [6, 6.07) is 14.4. The lowest BCUT2D eigenvalue weighted by Gasteiger charge is -2.25. The van der Waals surface area contributed by atoms with E-state index >= 15 is 0 Å². The largest absolute Gasteiger partial charge is 0.343 e. The van der Waals surface area contributed by atoms with Crippen LogP contribution in [0.3, 0.4) is 0 Å². The number of hydrogen-bond acceptors (Lipinski definition) is 2. The van der Waals surface area contributed by atoms with Crippen molar-refractivity contribution in [2.75, 3.05) is 18.5 Å². The molecule has 2 aromatic rings. The highest BCUT2D eigenvalue weighted by atomic mass is 35.5. The van der Waals surface area contributed by atoms with E-state index in [0.29, 0.717) is 0 Å². The average molecular weight is 289 g/mol. The molecule has 0 aliphatic carbocycles. The minimum absolute atomic E-state index is 0.783. The monoisotopic (exact) mass is 288 g/mol. The molecule has 0 bridgehead atoms. The topological polar surface area (TPSA) is 15.3 Å². The molecule has 0 amide bonds. The summed E-state index contributed by atoms with van der Waals surface area (Å²) in [5.74, 6) is 0. The zero-order valence-corrected chi connectivity index (χ0v) is 13.0. The van der Waals surface area contributed by atoms with E-state index in [-0.39, 0.29) is 0 Å². The maximum atomic E-state index is 6.44. The molecule has 106 valence electrons. The fourth-order valence-electron chi connectivity index (χ4n) is 2.40. The van der Waals surface area contributed by atoms with Gasteiger partial charge < -0.3 is 10.2 Å². The first-order valence-electron chi connectivity index (χ1n) is 6.92. The second-order valence-electron chi connectivity index (χ2n) is 4.87. The number of nitrogens with zero attached hydrogens (tertiary/aromatic N) is 1. The molecule has 2 aromatic carbocycles. The SMILES string of the molecule is CCNCc1cccc(Cl)c1N(C)c1ccccc1C. The highest BCUT2D eigenvalue weighted by molar-refractivity contribution is 6.33. The Hall–Kier alpha value is -1.51. The van der Waals surface area contributed by atoms with Crippen LogP contribution in [0.15, 0.2) is 42.5 Å². The van der Waals surface area contributed by atoms with Crippen molar-refractivity contribution >= 4 is 23.0 Å². The fourth-order valence-corrected chi connectivity index (χ4v) is 2.72. The molecular formula is C17H21ClN2. The maximum absolute atomic E-state index is 6.44. The smallest absolute Gasteiger partial charge is 0.0646 e. The molecule has 0 saturated carbocycles. The van der Waals surface area contributed by atoms with Crippen LogP contribution in [0, 0.1) is 6.92 Å². The van der Waals surface area contributed by atoms with Crippen LogP contribution in [0.1, 0.15) is 18.1 Å². The highest BCUT2D eigenvalue weighted by Gasteiger charge is 2.14. The first-order chi connectivity index (χ1) is 9.65. The van der Waals surface area contributed by atoms with Crippen molar-refractivity contribution in [2.45, 2.75) is 20.4 Å². The summed E-state index contributed by atoms with van der Waals surface area (Å²) in [6.07, 6.45) is 0.